The predicted molar refractivity (Wildman–Crippen MR) is 62.5 cm³/mol. The highest BCUT2D eigenvalue weighted by Crippen LogP contribution is 2.33. The molecular formula is C12H26N2. The Hall–Kier alpha value is -0.0800. The van der Waals surface area contributed by atoms with Crippen molar-refractivity contribution in [2.75, 3.05) is 26.2 Å². The maximum atomic E-state index is 3.54. The lowest BCUT2D eigenvalue weighted by atomic mass is 10.1. The Morgan fingerprint density at radius 2 is 1.93 bits per heavy atom. The number of rotatable bonds is 9. The Balaban J connectivity index is 1.77. The molecule has 1 aliphatic rings. The molecule has 1 saturated carbocycles. The molecule has 0 aromatic heterocycles. The largest absolute Gasteiger partial charge is 0.317 e. The Kier molecular flexibility index (Phi) is 6.20. The summed E-state index contributed by atoms with van der Waals surface area (Å²) in [7, 11) is 0. The van der Waals surface area contributed by atoms with Gasteiger partial charge in [-0.3, -0.25) is 0 Å². The van der Waals surface area contributed by atoms with E-state index in [2.05, 4.69) is 24.5 Å². The summed E-state index contributed by atoms with van der Waals surface area (Å²) in [5.74, 6) is 1.85. The molecule has 1 rings (SSSR count). The molecule has 0 aromatic rings. The van der Waals surface area contributed by atoms with Gasteiger partial charge in [0.05, 0.1) is 0 Å². The van der Waals surface area contributed by atoms with Crippen molar-refractivity contribution in [3.63, 3.8) is 0 Å². The molecule has 2 nitrogen and oxygen atoms in total. The highest BCUT2D eigenvalue weighted by Gasteiger charge is 2.19. The van der Waals surface area contributed by atoms with Crippen LogP contribution in [0.3, 0.4) is 0 Å². The van der Waals surface area contributed by atoms with Crippen molar-refractivity contribution in [1.29, 1.82) is 0 Å². The van der Waals surface area contributed by atoms with E-state index in [1.54, 1.807) is 0 Å². The fourth-order valence-electron chi connectivity index (χ4n) is 1.73. The molecule has 1 aliphatic carbocycles. The molecule has 0 bridgehead atoms. The van der Waals surface area contributed by atoms with Gasteiger partial charge >= 0.3 is 0 Å². The van der Waals surface area contributed by atoms with Crippen LogP contribution in [0.2, 0.25) is 0 Å². The van der Waals surface area contributed by atoms with Crippen molar-refractivity contribution < 1.29 is 0 Å². The molecule has 2 N–H and O–H groups in total. The molecule has 2 heteroatoms. The molecule has 14 heavy (non-hydrogen) atoms. The van der Waals surface area contributed by atoms with Crippen molar-refractivity contribution in [2.45, 2.75) is 39.5 Å². The van der Waals surface area contributed by atoms with Gasteiger partial charge in [-0.25, -0.2) is 0 Å². The summed E-state index contributed by atoms with van der Waals surface area (Å²) >= 11 is 0. The summed E-state index contributed by atoms with van der Waals surface area (Å²) in [5, 5.41) is 6.91. The molecule has 0 spiro atoms. The van der Waals surface area contributed by atoms with Crippen LogP contribution < -0.4 is 10.6 Å². The zero-order valence-corrected chi connectivity index (χ0v) is 9.81. The van der Waals surface area contributed by atoms with Gasteiger partial charge in [0.2, 0.25) is 0 Å². The van der Waals surface area contributed by atoms with Crippen molar-refractivity contribution in [2.24, 2.45) is 11.8 Å². The molecule has 1 atom stereocenters. The molecule has 84 valence electrons. The summed E-state index contributed by atoms with van der Waals surface area (Å²) < 4.78 is 0. The molecule has 0 heterocycles. The lowest BCUT2D eigenvalue weighted by molar-refractivity contribution is 0.470. The molecule has 1 fully saturated rings. The van der Waals surface area contributed by atoms with Crippen molar-refractivity contribution in [1.82, 2.24) is 10.6 Å². The van der Waals surface area contributed by atoms with Crippen LogP contribution in [0.1, 0.15) is 39.5 Å². The van der Waals surface area contributed by atoms with E-state index >= 15 is 0 Å². The van der Waals surface area contributed by atoms with E-state index < -0.39 is 0 Å². The second-order valence-electron chi connectivity index (χ2n) is 4.70. The Morgan fingerprint density at radius 3 is 2.57 bits per heavy atom. The molecule has 0 saturated heterocycles. The van der Waals surface area contributed by atoms with Gasteiger partial charge in [-0.15, -0.1) is 0 Å². The number of hydrogen-bond acceptors (Lipinski definition) is 2. The average molecular weight is 198 g/mol. The lowest BCUT2D eigenvalue weighted by Gasteiger charge is -2.12. The summed E-state index contributed by atoms with van der Waals surface area (Å²) in [6.07, 6.45) is 5.82. The Morgan fingerprint density at radius 1 is 1.21 bits per heavy atom. The van der Waals surface area contributed by atoms with Crippen molar-refractivity contribution >= 4 is 0 Å². The number of hydrogen-bond donors (Lipinski definition) is 2. The van der Waals surface area contributed by atoms with Gasteiger partial charge in [-0.05, 0) is 50.9 Å². The minimum Gasteiger partial charge on any atom is -0.317 e. The van der Waals surface area contributed by atoms with Gasteiger partial charge in [-0.1, -0.05) is 26.7 Å². The quantitative estimate of drug-likeness (QED) is 0.554. The second kappa shape index (κ2) is 7.24. The van der Waals surface area contributed by atoms with Crippen LogP contribution >= 0.6 is 0 Å². The van der Waals surface area contributed by atoms with Crippen LogP contribution in [0.5, 0.6) is 0 Å². The van der Waals surface area contributed by atoms with E-state index in [1.807, 2.05) is 0 Å². The van der Waals surface area contributed by atoms with E-state index in [9.17, 15) is 0 Å². The van der Waals surface area contributed by atoms with E-state index in [0.717, 1.165) is 31.5 Å². The monoisotopic (exact) mass is 198 g/mol. The van der Waals surface area contributed by atoms with Crippen molar-refractivity contribution in [3.8, 4) is 0 Å². The zero-order chi connectivity index (χ0) is 10.2. The third-order valence-corrected chi connectivity index (χ3v) is 2.90. The summed E-state index contributed by atoms with van der Waals surface area (Å²) in [6.45, 7) is 9.08. The van der Waals surface area contributed by atoms with E-state index in [0.29, 0.717) is 0 Å². The third-order valence-electron chi connectivity index (χ3n) is 2.90. The lowest BCUT2D eigenvalue weighted by Crippen LogP contribution is -2.29. The van der Waals surface area contributed by atoms with Crippen LogP contribution in [0.15, 0.2) is 0 Å². The molecule has 1 unspecified atom stereocenters. The Bertz CT molecular complexity index is 132. The van der Waals surface area contributed by atoms with Crippen LogP contribution in [0.4, 0.5) is 0 Å². The van der Waals surface area contributed by atoms with Crippen molar-refractivity contribution in [3.05, 3.63) is 0 Å². The van der Waals surface area contributed by atoms with Gasteiger partial charge in [0.15, 0.2) is 0 Å². The third kappa shape index (κ3) is 6.39. The standard InChI is InChI=1S/C12H26N2/c1-3-13-9-11(2)10-14-8-4-5-12-6-7-12/h11-14H,3-10H2,1-2H3. The van der Waals surface area contributed by atoms with Gasteiger partial charge in [0, 0.05) is 0 Å². The highest BCUT2D eigenvalue weighted by atomic mass is 14.9. The highest BCUT2D eigenvalue weighted by molar-refractivity contribution is 4.73. The fraction of sp³-hybridized carbons (Fsp3) is 1.00. The number of nitrogens with one attached hydrogen (secondary N) is 2. The summed E-state index contributed by atoms with van der Waals surface area (Å²) in [4.78, 5) is 0. The predicted octanol–water partition coefficient (Wildman–Crippen LogP) is 2.01. The first-order valence-electron chi connectivity index (χ1n) is 6.24. The SMILES string of the molecule is CCNCC(C)CNCCCC1CC1. The van der Waals surface area contributed by atoms with E-state index in [4.69, 9.17) is 0 Å². The fourth-order valence-corrected chi connectivity index (χ4v) is 1.73. The average Bonchev–Trinajstić information content (AvgIpc) is 2.98. The minimum atomic E-state index is 0.760. The van der Waals surface area contributed by atoms with Crippen LogP contribution in [0, 0.1) is 11.8 Å². The van der Waals surface area contributed by atoms with E-state index in [1.165, 1.54) is 32.2 Å². The topological polar surface area (TPSA) is 24.1 Å². The van der Waals surface area contributed by atoms with Crippen LogP contribution in [-0.2, 0) is 0 Å². The second-order valence-corrected chi connectivity index (χ2v) is 4.70. The zero-order valence-electron chi connectivity index (χ0n) is 9.81. The van der Waals surface area contributed by atoms with Gasteiger partial charge in [0.1, 0.15) is 0 Å². The van der Waals surface area contributed by atoms with Crippen LogP contribution in [0.25, 0.3) is 0 Å². The molecule has 0 radical (unpaired) electrons. The van der Waals surface area contributed by atoms with Gasteiger partial charge in [0.25, 0.3) is 0 Å². The molecule has 0 aromatic carbocycles. The summed E-state index contributed by atoms with van der Waals surface area (Å²) in [6, 6.07) is 0. The summed E-state index contributed by atoms with van der Waals surface area (Å²) in [5.41, 5.74) is 0. The Labute approximate surface area is 88.8 Å². The molecule has 0 aliphatic heterocycles. The first-order chi connectivity index (χ1) is 6.83. The van der Waals surface area contributed by atoms with Gasteiger partial charge < -0.3 is 10.6 Å². The molecular weight excluding hydrogens is 172 g/mol. The maximum absolute atomic E-state index is 3.54. The van der Waals surface area contributed by atoms with Crippen LogP contribution in [-0.4, -0.2) is 26.2 Å². The normalized spacial score (nSPS) is 18.4. The van der Waals surface area contributed by atoms with E-state index in [-0.39, 0.29) is 0 Å². The first-order valence-corrected chi connectivity index (χ1v) is 6.24. The smallest absolute Gasteiger partial charge is 0.00110 e. The maximum Gasteiger partial charge on any atom is -0.00110 e. The first kappa shape index (κ1) is 12.0. The molecule has 0 amide bonds. The minimum absolute atomic E-state index is 0.760. The van der Waals surface area contributed by atoms with Gasteiger partial charge in [-0.2, -0.15) is 0 Å².